The molecular formula is C27H27ClN2O2. The van der Waals surface area contributed by atoms with Crippen molar-refractivity contribution >= 4 is 11.6 Å². The van der Waals surface area contributed by atoms with E-state index in [0.717, 1.165) is 64.7 Å². The van der Waals surface area contributed by atoms with Gasteiger partial charge in [0.15, 0.2) is 0 Å². The van der Waals surface area contributed by atoms with Crippen molar-refractivity contribution in [2.24, 2.45) is 0 Å². The topological polar surface area (TPSA) is 45.6 Å². The van der Waals surface area contributed by atoms with Gasteiger partial charge in [0.05, 0.1) is 6.61 Å². The Morgan fingerprint density at radius 1 is 1.09 bits per heavy atom. The monoisotopic (exact) mass is 446 g/mol. The largest absolute Gasteiger partial charge is 0.492 e. The van der Waals surface area contributed by atoms with Crippen LogP contribution in [0.25, 0.3) is 11.1 Å². The molecule has 32 heavy (non-hydrogen) atoms. The Morgan fingerprint density at radius 2 is 1.91 bits per heavy atom. The van der Waals surface area contributed by atoms with Crippen molar-refractivity contribution in [2.45, 2.75) is 25.8 Å². The standard InChI is InChI=1S/C27H27ClN2O2/c1-20-17-21(5-13-27(20)32-16-15-30-14-2-3-26(30)19-31)4-11-25-12-8-23(18-29-25)22-6-9-24(28)10-7-22/h5-10,12-13,17-18,26,31H,2-3,14-16,19H2,1H3. The number of benzene rings is 2. The molecule has 1 saturated heterocycles. The highest BCUT2D eigenvalue weighted by Gasteiger charge is 2.23. The molecule has 1 aliphatic heterocycles. The van der Waals surface area contributed by atoms with Gasteiger partial charge in [0, 0.05) is 34.9 Å². The molecule has 2 heterocycles. The van der Waals surface area contributed by atoms with Crippen LogP contribution in [0.3, 0.4) is 0 Å². The van der Waals surface area contributed by atoms with E-state index in [0.29, 0.717) is 6.61 Å². The van der Waals surface area contributed by atoms with E-state index >= 15 is 0 Å². The zero-order valence-electron chi connectivity index (χ0n) is 18.2. The third kappa shape index (κ3) is 5.69. The van der Waals surface area contributed by atoms with Crippen molar-refractivity contribution in [3.05, 3.63) is 82.6 Å². The summed E-state index contributed by atoms with van der Waals surface area (Å²) in [4.78, 5) is 6.78. The quantitative estimate of drug-likeness (QED) is 0.544. The summed E-state index contributed by atoms with van der Waals surface area (Å²) >= 11 is 5.96. The van der Waals surface area contributed by atoms with Gasteiger partial charge in [-0.15, -0.1) is 0 Å². The molecule has 3 aromatic rings. The first kappa shape index (κ1) is 22.4. The van der Waals surface area contributed by atoms with Crippen LogP contribution in [0, 0.1) is 18.8 Å². The van der Waals surface area contributed by atoms with E-state index in [1.54, 1.807) is 0 Å². The van der Waals surface area contributed by atoms with Crippen molar-refractivity contribution in [3.63, 3.8) is 0 Å². The molecule has 1 unspecified atom stereocenters. The molecule has 1 aliphatic rings. The normalized spacial score (nSPS) is 15.9. The molecule has 0 aliphatic carbocycles. The highest BCUT2D eigenvalue weighted by Crippen LogP contribution is 2.22. The maximum absolute atomic E-state index is 9.43. The minimum Gasteiger partial charge on any atom is -0.492 e. The summed E-state index contributed by atoms with van der Waals surface area (Å²) in [5.74, 6) is 7.20. The van der Waals surface area contributed by atoms with E-state index < -0.39 is 0 Å². The Balaban J connectivity index is 1.35. The van der Waals surface area contributed by atoms with Crippen LogP contribution >= 0.6 is 11.6 Å². The molecule has 5 heteroatoms. The van der Waals surface area contributed by atoms with Gasteiger partial charge in [0.1, 0.15) is 18.1 Å². The van der Waals surface area contributed by atoms with Crippen LogP contribution < -0.4 is 4.74 Å². The maximum atomic E-state index is 9.43. The number of aliphatic hydroxyl groups excluding tert-OH is 1. The lowest BCUT2D eigenvalue weighted by molar-refractivity contribution is 0.139. The van der Waals surface area contributed by atoms with Crippen LogP contribution in [0.4, 0.5) is 0 Å². The number of nitrogens with zero attached hydrogens (tertiary/aromatic N) is 2. The molecule has 2 aromatic carbocycles. The maximum Gasteiger partial charge on any atom is 0.122 e. The van der Waals surface area contributed by atoms with Crippen LogP contribution in [-0.4, -0.2) is 47.3 Å². The summed E-state index contributed by atoms with van der Waals surface area (Å²) in [5.41, 5.74) is 4.82. The minimum atomic E-state index is 0.227. The van der Waals surface area contributed by atoms with Gasteiger partial charge in [-0.25, -0.2) is 4.98 Å². The predicted molar refractivity (Wildman–Crippen MR) is 129 cm³/mol. The Morgan fingerprint density at radius 3 is 2.62 bits per heavy atom. The number of aromatic nitrogens is 1. The summed E-state index contributed by atoms with van der Waals surface area (Å²) in [6, 6.07) is 17.9. The Kier molecular flexibility index (Phi) is 7.44. The third-order valence-corrected chi connectivity index (χ3v) is 6.05. The molecule has 0 bridgehead atoms. The second-order valence-corrected chi connectivity index (χ2v) is 8.47. The van der Waals surface area contributed by atoms with Crippen LogP contribution in [0.1, 0.15) is 29.7 Å². The highest BCUT2D eigenvalue weighted by atomic mass is 35.5. The number of pyridine rings is 1. The lowest BCUT2D eigenvalue weighted by Crippen LogP contribution is -2.35. The average molecular weight is 447 g/mol. The van der Waals surface area contributed by atoms with Crippen LogP contribution in [0.5, 0.6) is 5.75 Å². The number of aliphatic hydroxyl groups is 1. The number of halogens is 1. The Labute approximate surface area is 194 Å². The Hall–Kier alpha value is -2.84. The molecule has 0 amide bonds. The van der Waals surface area contributed by atoms with E-state index in [1.165, 1.54) is 0 Å². The minimum absolute atomic E-state index is 0.227. The number of rotatable bonds is 6. The van der Waals surface area contributed by atoms with Crippen molar-refractivity contribution < 1.29 is 9.84 Å². The van der Waals surface area contributed by atoms with E-state index in [2.05, 4.69) is 21.7 Å². The molecule has 1 N–H and O–H groups in total. The Bertz CT molecular complexity index is 1100. The number of hydrogen-bond donors (Lipinski definition) is 1. The van der Waals surface area contributed by atoms with Gasteiger partial charge in [0.25, 0.3) is 0 Å². The zero-order chi connectivity index (χ0) is 22.3. The second-order valence-electron chi connectivity index (χ2n) is 8.03. The molecule has 1 fully saturated rings. The lowest BCUT2D eigenvalue weighted by Gasteiger charge is -2.22. The first-order valence-corrected chi connectivity index (χ1v) is 11.3. The zero-order valence-corrected chi connectivity index (χ0v) is 19.0. The fourth-order valence-corrected chi connectivity index (χ4v) is 4.10. The van der Waals surface area contributed by atoms with E-state index in [1.807, 2.05) is 67.7 Å². The molecule has 1 aromatic heterocycles. The third-order valence-electron chi connectivity index (χ3n) is 5.80. The first-order valence-electron chi connectivity index (χ1n) is 10.9. The molecule has 4 rings (SSSR count). The van der Waals surface area contributed by atoms with Gasteiger partial charge in [-0.1, -0.05) is 35.7 Å². The van der Waals surface area contributed by atoms with Crippen molar-refractivity contribution in [1.82, 2.24) is 9.88 Å². The van der Waals surface area contributed by atoms with Gasteiger partial charge in [-0.3, -0.25) is 4.90 Å². The summed E-state index contributed by atoms with van der Waals surface area (Å²) in [7, 11) is 0. The molecule has 164 valence electrons. The number of ether oxygens (including phenoxy) is 1. The predicted octanol–water partition coefficient (Wildman–Crippen LogP) is 4.95. The van der Waals surface area contributed by atoms with Crippen LogP contribution in [-0.2, 0) is 0 Å². The average Bonchev–Trinajstić information content (AvgIpc) is 3.27. The van der Waals surface area contributed by atoms with Crippen LogP contribution in [0.15, 0.2) is 60.8 Å². The van der Waals surface area contributed by atoms with Crippen LogP contribution in [0.2, 0.25) is 5.02 Å². The molecule has 4 nitrogen and oxygen atoms in total. The molecule has 0 radical (unpaired) electrons. The van der Waals surface area contributed by atoms with Crippen molar-refractivity contribution in [3.8, 4) is 28.7 Å². The summed E-state index contributed by atoms with van der Waals surface area (Å²) < 4.78 is 5.98. The van der Waals surface area contributed by atoms with Gasteiger partial charge < -0.3 is 9.84 Å². The SMILES string of the molecule is Cc1cc(C#Cc2ccc(-c3ccc(Cl)cc3)cn2)ccc1OCCN1CCCC1CO. The van der Waals surface area contributed by atoms with Gasteiger partial charge in [-0.05, 0) is 79.8 Å². The van der Waals surface area contributed by atoms with Gasteiger partial charge >= 0.3 is 0 Å². The molecule has 0 spiro atoms. The number of likely N-dealkylation sites (tertiary alicyclic amines) is 1. The molecular weight excluding hydrogens is 420 g/mol. The number of hydrogen-bond acceptors (Lipinski definition) is 4. The van der Waals surface area contributed by atoms with E-state index in [9.17, 15) is 5.11 Å². The van der Waals surface area contributed by atoms with Crippen molar-refractivity contribution in [1.29, 1.82) is 0 Å². The fourth-order valence-electron chi connectivity index (χ4n) is 3.98. The molecule has 0 saturated carbocycles. The summed E-state index contributed by atoms with van der Waals surface area (Å²) in [6.07, 6.45) is 4.05. The fraction of sp³-hybridized carbons (Fsp3) is 0.296. The molecule has 1 atom stereocenters. The smallest absolute Gasteiger partial charge is 0.122 e. The van der Waals surface area contributed by atoms with E-state index in [4.69, 9.17) is 16.3 Å². The lowest BCUT2D eigenvalue weighted by atomic mass is 10.1. The second kappa shape index (κ2) is 10.7. The number of aryl methyl sites for hydroxylation is 1. The first-order chi connectivity index (χ1) is 15.6. The summed E-state index contributed by atoms with van der Waals surface area (Å²) in [6.45, 7) is 4.75. The summed E-state index contributed by atoms with van der Waals surface area (Å²) in [5, 5.41) is 10.2. The highest BCUT2D eigenvalue weighted by molar-refractivity contribution is 6.30. The van der Waals surface area contributed by atoms with Gasteiger partial charge in [0.2, 0.25) is 0 Å². The van der Waals surface area contributed by atoms with E-state index in [-0.39, 0.29) is 12.6 Å². The van der Waals surface area contributed by atoms with Gasteiger partial charge in [-0.2, -0.15) is 0 Å². The van der Waals surface area contributed by atoms with Crippen molar-refractivity contribution in [2.75, 3.05) is 26.3 Å².